The maximum atomic E-state index is 13.1. The summed E-state index contributed by atoms with van der Waals surface area (Å²) in [6.07, 6.45) is 0. The van der Waals surface area contributed by atoms with Crippen molar-refractivity contribution in [2.75, 3.05) is 10.6 Å². The third kappa shape index (κ3) is 7.50. The molecule has 0 unspecified atom stereocenters. The first-order valence-electron chi connectivity index (χ1n) is 15.8. The van der Waals surface area contributed by atoms with Gasteiger partial charge in [0, 0.05) is 44.0 Å². The zero-order valence-corrected chi connectivity index (χ0v) is 29.8. The predicted molar refractivity (Wildman–Crippen MR) is 200 cm³/mol. The number of carbonyl (C=O) groups is 3. The van der Waals surface area contributed by atoms with E-state index in [0.717, 1.165) is 0 Å². The summed E-state index contributed by atoms with van der Waals surface area (Å²) in [6.45, 7) is 3.32. The van der Waals surface area contributed by atoms with Crippen molar-refractivity contribution in [1.82, 2.24) is 10.6 Å². The molecule has 54 heavy (non-hydrogen) atoms. The number of carbonyl (C=O) groups excluding carboxylic acids is 3. The Bertz CT molecular complexity index is 2600. The van der Waals surface area contributed by atoms with Crippen molar-refractivity contribution in [3.63, 3.8) is 0 Å². The van der Waals surface area contributed by atoms with E-state index in [1.54, 1.807) is 13.8 Å². The average Bonchev–Trinajstić information content (AvgIpc) is 3.09. The normalized spacial score (nSPS) is 11.6. The van der Waals surface area contributed by atoms with E-state index in [2.05, 4.69) is 21.3 Å². The highest BCUT2D eigenvalue weighted by molar-refractivity contribution is 7.86. The smallest absolute Gasteiger partial charge is 0.328 e. The van der Waals surface area contributed by atoms with E-state index < -0.39 is 47.9 Å². The van der Waals surface area contributed by atoms with Gasteiger partial charge in [-0.3, -0.25) is 29.3 Å². The molecule has 4 amide bonds. The first-order chi connectivity index (χ1) is 25.4. The van der Waals surface area contributed by atoms with Crippen LogP contribution in [-0.4, -0.2) is 54.0 Å². The van der Waals surface area contributed by atoms with Crippen molar-refractivity contribution >= 4 is 82.4 Å². The number of imide groups is 2. The molecule has 0 aliphatic heterocycles. The number of phenols is 2. The van der Waals surface area contributed by atoms with E-state index in [1.807, 2.05) is 0 Å². The number of urea groups is 1. The van der Waals surface area contributed by atoms with Crippen LogP contribution in [0.2, 0.25) is 0 Å². The van der Waals surface area contributed by atoms with Gasteiger partial charge >= 0.3 is 6.03 Å². The van der Waals surface area contributed by atoms with Gasteiger partial charge in [0.1, 0.15) is 21.3 Å². The van der Waals surface area contributed by atoms with Gasteiger partial charge in [-0.1, -0.05) is 36.4 Å². The fourth-order valence-corrected chi connectivity index (χ4v) is 7.55. The Labute approximate surface area is 307 Å². The molecule has 0 spiro atoms. The number of aryl methyl sites for hydroxylation is 2. The molecule has 6 aromatic rings. The van der Waals surface area contributed by atoms with Crippen LogP contribution in [-0.2, 0) is 20.2 Å². The van der Waals surface area contributed by atoms with Crippen LogP contribution in [0.4, 0.5) is 27.5 Å². The van der Waals surface area contributed by atoms with Crippen molar-refractivity contribution in [2.24, 2.45) is 0 Å². The molecule has 0 radical (unpaired) electrons. The highest BCUT2D eigenvalue weighted by atomic mass is 32.2. The van der Waals surface area contributed by atoms with Gasteiger partial charge in [0.25, 0.3) is 32.1 Å². The lowest BCUT2D eigenvalue weighted by molar-refractivity contribution is 0.0944. The first-order valence-corrected chi connectivity index (χ1v) is 18.7. The quantitative estimate of drug-likeness (QED) is 0.0795. The molecule has 0 aliphatic rings. The lowest BCUT2D eigenvalue weighted by Crippen LogP contribution is -2.42. The Morgan fingerprint density at radius 3 is 1.26 bits per heavy atom. The predicted octanol–water partition coefficient (Wildman–Crippen LogP) is 6.28. The lowest BCUT2D eigenvalue weighted by Gasteiger charge is -2.16. The molecule has 0 fully saturated rings. The average molecular weight is 771 g/mol. The van der Waals surface area contributed by atoms with Crippen LogP contribution in [0.1, 0.15) is 31.8 Å². The van der Waals surface area contributed by atoms with E-state index >= 15 is 0 Å². The summed E-state index contributed by atoms with van der Waals surface area (Å²) in [5.41, 5.74) is 1.36. The van der Waals surface area contributed by atoms with Gasteiger partial charge in [-0.2, -0.15) is 16.8 Å². The second-order valence-corrected chi connectivity index (χ2v) is 14.8. The molecule has 8 N–H and O–H groups in total. The van der Waals surface area contributed by atoms with Gasteiger partial charge in [-0.05, 0) is 85.6 Å². The van der Waals surface area contributed by atoms with Gasteiger partial charge in [-0.25, -0.2) is 4.79 Å². The van der Waals surface area contributed by atoms with E-state index in [-0.39, 0.29) is 66.9 Å². The number of hydrogen-bond donors (Lipinski definition) is 8. The minimum absolute atomic E-state index is 0.0459. The molecule has 6 rings (SSSR count). The van der Waals surface area contributed by atoms with Gasteiger partial charge in [-0.15, -0.1) is 0 Å². The first kappa shape index (κ1) is 37.2. The minimum Gasteiger partial charge on any atom is -0.507 e. The van der Waals surface area contributed by atoms with Gasteiger partial charge in [0.15, 0.2) is 0 Å². The van der Waals surface area contributed by atoms with Crippen molar-refractivity contribution in [3.8, 4) is 11.5 Å². The van der Waals surface area contributed by atoms with Crippen LogP contribution in [0.3, 0.4) is 0 Å². The molecule has 0 bridgehead atoms. The Kier molecular flexibility index (Phi) is 9.74. The summed E-state index contributed by atoms with van der Waals surface area (Å²) < 4.78 is 69.8. The van der Waals surface area contributed by atoms with Crippen molar-refractivity contribution < 1.29 is 50.5 Å². The number of hydrogen-bond acceptors (Lipinski definition) is 11. The number of anilines is 4. The molecule has 0 aromatic heterocycles. The fraction of sp³-hybridized carbons (Fsp3) is 0.0541. The molecule has 6 aromatic carbocycles. The van der Waals surface area contributed by atoms with Gasteiger partial charge in [0.05, 0.1) is 11.4 Å². The number of fused-ring (bicyclic) bond motifs is 2. The Hall–Kier alpha value is -6.53. The standard InChI is InChI=1S/C37H30N4O11S2/c1-19-9-11-21(17-29(19)38-27-15-13-23-25(5-3-7-31(23)42)33(27)53(47,48)49)35(44)40-37(46)41-36(45)22-12-10-20(2)30(18-22)39-28-16-14-24-26(6-4-8-32(24)43)34(28)54(50,51)52/h3-18,38-39,42-43H,1-2H3,(H,47,48,49)(H,50,51,52)(H2,40,41,44,45,46). The van der Waals surface area contributed by atoms with Crippen molar-refractivity contribution in [1.29, 1.82) is 0 Å². The van der Waals surface area contributed by atoms with E-state index in [9.17, 15) is 50.5 Å². The fourth-order valence-electron chi connectivity index (χ4n) is 5.85. The summed E-state index contributed by atoms with van der Waals surface area (Å²) >= 11 is 0. The summed E-state index contributed by atoms with van der Waals surface area (Å²) in [5.74, 6) is -2.25. The summed E-state index contributed by atoms with van der Waals surface area (Å²) in [5, 5.41) is 30.7. The molecule has 15 nitrogen and oxygen atoms in total. The highest BCUT2D eigenvalue weighted by Gasteiger charge is 2.24. The van der Waals surface area contributed by atoms with Crippen molar-refractivity contribution in [3.05, 3.63) is 119 Å². The number of amides is 4. The van der Waals surface area contributed by atoms with Crippen molar-refractivity contribution in [2.45, 2.75) is 23.6 Å². The Morgan fingerprint density at radius 1 is 0.500 bits per heavy atom. The number of rotatable bonds is 8. The highest BCUT2D eigenvalue weighted by Crippen LogP contribution is 2.38. The lowest BCUT2D eigenvalue weighted by atomic mass is 10.1. The summed E-state index contributed by atoms with van der Waals surface area (Å²) in [6, 6.07) is 21.2. The molecule has 0 saturated carbocycles. The number of nitrogens with one attached hydrogen (secondary N) is 4. The van der Waals surface area contributed by atoms with Crippen LogP contribution >= 0.6 is 0 Å². The summed E-state index contributed by atoms with van der Waals surface area (Å²) in [4.78, 5) is 37.9. The van der Waals surface area contributed by atoms with Crippen LogP contribution in [0.15, 0.2) is 107 Å². The molecular weight excluding hydrogens is 741 g/mol. The van der Waals surface area contributed by atoms with E-state index in [0.29, 0.717) is 11.1 Å². The van der Waals surface area contributed by atoms with Crippen LogP contribution in [0.5, 0.6) is 11.5 Å². The molecule has 0 atom stereocenters. The second kappa shape index (κ2) is 14.1. The van der Waals surface area contributed by atoms with Gasteiger partial charge in [0.2, 0.25) is 0 Å². The largest absolute Gasteiger partial charge is 0.507 e. The molecule has 0 aliphatic carbocycles. The second-order valence-electron chi connectivity index (χ2n) is 12.1. The molecule has 0 heterocycles. The zero-order valence-electron chi connectivity index (χ0n) is 28.2. The minimum atomic E-state index is -4.81. The van der Waals surface area contributed by atoms with E-state index in [1.165, 1.54) is 97.1 Å². The zero-order chi connectivity index (χ0) is 39.1. The molecule has 276 valence electrons. The maximum Gasteiger partial charge on any atom is 0.328 e. The molecule has 0 saturated heterocycles. The SMILES string of the molecule is Cc1ccc(C(=O)NC(=O)NC(=O)c2ccc(C)c(Nc3ccc4c(O)cccc4c3S(=O)(=O)O)c2)cc1Nc1ccc2c(O)cccc2c1S(=O)(=O)O. The monoisotopic (exact) mass is 770 g/mol. The molecule has 17 heteroatoms. The Morgan fingerprint density at radius 2 is 0.889 bits per heavy atom. The van der Waals surface area contributed by atoms with Crippen LogP contribution < -0.4 is 21.3 Å². The maximum absolute atomic E-state index is 13.1. The van der Waals surface area contributed by atoms with Crippen LogP contribution in [0, 0.1) is 13.8 Å². The van der Waals surface area contributed by atoms with E-state index in [4.69, 9.17) is 0 Å². The molecular formula is C37H30N4O11S2. The third-order valence-corrected chi connectivity index (χ3v) is 10.4. The third-order valence-electron chi connectivity index (χ3n) is 8.49. The number of benzene rings is 6. The summed E-state index contributed by atoms with van der Waals surface area (Å²) in [7, 11) is -9.62. The number of aromatic hydroxyl groups is 2. The topological polar surface area (TPSA) is 249 Å². The number of phenolic OH excluding ortho intramolecular Hbond substituents is 2. The Balaban J connectivity index is 1.19. The van der Waals surface area contributed by atoms with Gasteiger partial charge < -0.3 is 20.8 Å². The van der Waals surface area contributed by atoms with Crippen LogP contribution in [0.25, 0.3) is 21.5 Å².